The lowest BCUT2D eigenvalue weighted by molar-refractivity contribution is -0.395. The van der Waals surface area contributed by atoms with Crippen LogP contribution in [0.5, 0.6) is 11.5 Å². The predicted molar refractivity (Wildman–Crippen MR) is 63.0 cm³/mol. The van der Waals surface area contributed by atoms with Gasteiger partial charge in [-0.3, -0.25) is 25.0 Å². The Labute approximate surface area is 111 Å². The van der Waals surface area contributed by atoms with Crippen LogP contribution in [-0.2, 0) is 0 Å². The first-order valence-electron chi connectivity index (χ1n) is 4.62. The molecule has 0 aliphatic rings. The summed E-state index contributed by atoms with van der Waals surface area (Å²) in [4.78, 5) is 31.1. The second-order valence-electron chi connectivity index (χ2n) is 3.14. The summed E-state index contributed by atoms with van der Waals surface area (Å²) >= 11 is 5.28. The molecule has 0 aromatic heterocycles. The number of nitro groups is 2. The van der Waals surface area contributed by atoms with E-state index < -0.39 is 43.5 Å². The lowest BCUT2D eigenvalue weighted by Crippen LogP contribution is -2.06. The van der Waals surface area contributed by atoms with Gasteiger partial charge in [0.15, 0.2) is 0 Å². The zero-order chi connectivity index (χ0) is 14.7. The Balaban J connectivity index is 3.87. The van der Waals surface area contributed by atoms with Crippen molar-refractivity contribution in [1.82, 2.24) is 0 Å². The maximum atomic E-state index is 11.3. The van der Waals surface area contributed by atoms with Gasteiger partial charge in [0, 0.05) is 0 Å². The summed E-state index contributed by atoms with van der Waals surface area (Å²) in [6, 6.07) is 0.640. The van der Waals surface area contributed by atoms with Gasteiger partial charge in [-0.15, -0.1) is 0 Å². The van der Waals surface area contributed by atoms with Crippen molar-refractivity contribution in [3.05, 3.63) is 31.9 Å². The molecule has 0 bridgehead atoms. The van der Waals surface area contributed by atoms with E-state index >= 15 is 0 Å². The third-order valence-corrected chi connectivity index (χ3v) is 2.38. The van der Waals surface area contributed by atoms with E-state index in [-0.39, 0.29) is 0 Å². The first kappa shape index (κ1) is 14.6. The van der Waals surface area contributed by atoms with E-state index in [0.717, 1.165) is 14.2 Å². The molecule has 0 aliphatic heterocycles. The van der Waals surface area contributed by atoms with Crippen LogP contribution in [0.25, 0.3) is 0 Å². The van der Waals surface area contributed by atoms with Gasteiger partial charge < -0.3 is 9.47 Å². The maximum Gasteiger partial charge on any atom is 0.318 e. The summed E-state index contributed by atoms with van der Waals surface area (Å²) in [5.41, 5.74) is -2.06. The van der Waals surface area contributed by atoms with Crippen LogP contribution in [0.3, 0.4) is 0 Å². The molecule has 0 spiro atoms. The highest BCUT2D eigenvalue weighted by atomic mass is 35.5. The smallest absolute Gasteiger partial charge is 0.318 e. The minimum absolute atomic E-state index is 0.493. The number of carbonyl (C=O) groups excluding carboxylic acids is 1. The van der Waals surface area contributed by atoms with Crippen molar-refractivity contribution >= 4 is 28.2 Å². The number of carbonyl (C=O) groups is 1. The Kier molecular flexibility index (Phi) is 4.22. The van der Waals surface area contributed by atoms with Gasteiger partial charge in [0.05, 0.1) is 24.1 Å². The molecule has 0 saturated carbocycles. The van der Waals surface area contributed by atoms with Gasteiger partial charge in [0.1, 0.15) is 11.6 Å². The Morgan fingerprint density at radius 2 is 1.47 bits per heavy atom. The lowest BCUT2D eigenvalue weighted by atomic mass is 10.1. The van der Waals surface area contributed by atoms with Crippen LogP contribution in [-0.4, -0.2) is 29.3 Å². The van der Waals surface area contributed by atoms with Crippen LogP contribution >= 0.6 is 11.6 Å². The van der Waals surface area contributed by atoms with Crippen molar-refractivity contribution in [3.8, 4) is 11.5 Å². The summed E-state index contributed by atoms with van der Waals surface area (Å²) in [5.74, 6) is -0.986. The number of ether oxygens (including phenoxy) is 2. The average molecular weight is 291 g/mol. The van der Waals surface area contributed by atoms with Crippen LogP contribution in [0.2, 0.25) is 0 Å². The van der Waals surface area contributed by atoms with Gasteiger partial charge in [-0.2, -0.15) is 0 Å². The van der Waals surface area contributed by atoms with Gasteiger partial charge in [-0.25, -0.2) is 0 Å². The number of nitrogens with zero attached hydrogens (tertiary/aromatic N) is 2. The predicted octanol–water partition coefficient (Wildman–Crippen LogP) is 1.90. The van der Waals surface area contributed by atoms with Gasteiger partial charge in [-0.05, 0) is 11.6 Å². The lowest BCUT2D eigenvalue weighted by Gasteiger charge is -2.10. The Morgan fingerprint density at radius 3 is 1.68 bits per heavy atom. The number of halogens is 1. The largest absolute Gasteiger partial charge is 0.489 e. The van der Waals surface area contributed by atoms with Crippen LogP contribution in [0, 0.1) is 20.2 Å². The van der Waals surface area contributed by atoms with Crippen molar-refractivity contribution in [2.75, 3.05) is 14.2 Å². The zero-order valence-electron chi connectivity index (χ0n) is 9.71. The van der Waals surface area contributed by atoms with E-state index in [1.165, 1.54) is 0 Å². The second-order valence-corrected chi connectivity index (χ2v) is 3.49. The number of rotatable bonds is 5. The zero-order valence-corrected chi connectivity index (χ0v) is 10.5. The van der Waals surface area contributed by atoms with Crippen molar-refractivity contribution in [2.24, 2.45) is 0 Å². The van der Waals surface area contributed by atoms with E-state index in [4.69, 9.17) is 21.1 Å². The Hall–Kier alpha value is -2.42. The molecule has 0 atom stereocenters. The first-order valence-corrected chi connectivity index (χ1v) is 5.00. The number of hydrogen-bond acceptors (Lipinski definition) is 7. The molecule has 102 valence electrons. The van der Waals surface area contributed by atoms with E-state index in [0.29, 0.717) is 6.07 Å². The van der Waals surface area contributed by atoms with Crippen molar-refractivity contribution in [1.29, 1.82) is 0 Å². The highest BCUT2D eigenvalue weighted by Gasteiger charge is 2.34. The fraction of sp³-hybridized carbons (Fsp3) is 0.222. The topological polar surface area (TPSA) is 122 Å². The van der Waals surface area contributed by atoms with Crippen LogP contribution < -0.4 is 9.47 Å². The molecule has 0 unspecified atom stereocenters. The average Bonchev–Trinajstić information content (AvgIpc) is 2.35. The molecule has 0 aliphatic carbocycles. The summed E-state index contributed by atoms with van der Waals surface area (Å²) in [6.07, 6.45) is 0. The molecule has 1 aromatic carbocycles. The standard InChI is InChI=1S/C9H7ClN2O7/c1-18-7-4(11(14)15)3-5(12(16)17)8(19-2)6(7)9(10)13/h3H,1-2H3. The van der Waals surface area contributed by atoms with Crippen LogP contribution in [0.15, 0.2) is 6.07 Å². The van der Waals surface area contributed by atoms with Crippen molar-refractivity contribution < 1.29 is 24.1 Å². The quantitative estimate of drug-likeness (QED) is 0.461. The Bertz CT molecular complexity index is 532. The normalized spacial score (nSPS) is 9.84. The van der Waals surface area contributed by atoms with E-state index in [2.05, 4.69) is 0 Å². The van der Waals surface area contributed by atoms with Crippen molar-refractivity contribution in [2.45, 2.75) is 0 Å². The monoisotopic (exact) mass is 290 g/mol. The molecular formula is C9H7ClN2O7. The first-order chi connectivity index (χ1) is 8.84. The van der Waals surface area contributed by atoms with Gasteiger partial charge >= 0.3 is 11.4 Å². The SMILES string of the molecule is COc1c([N+](=O)[O-])cc([N+](=O)[O-])c(OC)c1C(=O)Cl. The molecule has 0 saturated heterocycles. The molecule has 0 amide bonds. The van der Waals surface area contributed by atoms with E-state index in [1.807, 2.05) is 0 Å². The Morgan fingerprint density at radius 1 is 1.11 bits per heavy atom. The molecule has 10 heteroatoms. The molecule has 9 nitrogen and oxygen atoms in total. The third-order valence-electron chi connectivity index (χ3n) is 2.19. The summed E-state index contributed by atoms with van der Waals surface area (Å²) < 4.78 is 9.45. The summed E-state index contributed by atoms with van der Waals surface area (Å²) in [7, 11) is 2.13. The second kappa shape index (κ2) is 5.48. The molecule has 0 radical (unpaired) electrons. The molecule has 19 heavy (non-hydrogen) atoms. The molecular weight excluding hydrogens is 284 g/mol. The summed E-state index contributed by atoms with van der Waals surface area (Å²) in [5, 5.41) is 20.5. The van der Waals surface area contributed by atoms with Gasteiger partial charge in [0.25, 0.3) is 5.24 Å². The van der Waals surface area contributed by atoms with Gasteiger partial charge in [-0.1, -0.05) is 0 Å². The number of benzene rings is 1. The molecule has 0 N–H and O–H groups in total. The highest BCUT2D eigenvalue weighted by molar-refractivity contribution is 6.68. The highest BCUT2D eigenvalue weighted by Crippen LogP contribution is 2.44. The number of nitro benzene ring substituents is 2. The molecule has 0 fully saturated rings. The molecule has 1 rings (SSSR count). The van der Waals surface area contributed by atoms with Gasteiger partial charge in [0.2, 0.25) is 11.5 Å². The number of methoxy groups -OCH3 is 2. The maximum absolute atomic E-state index is 11.3. The van der Waals surface area contributed by atoms with Crippen LogP contribution in [0.4, 0.5) is 11.4 Å². The van der Waals surface area contributed by atoms with Crippen molar-refractivity contribution in [3.63, 3.8) is 0 Å². The minimum atomic E-state index is -1.17. The molecule has 0 heterocycles. The summed E-state index contributed by atoms with van der Waals surface area (Å²) in [6.45, 7) is 0. The number of hydrogen-bond donors (Lipinski definition) is 0. The van der Waals surface area contributed by atoms with E-state index in [9.17, 15) is 25.0 Å². The van der Waals surface area contributed by atoms with Crippen LogP contribution in [0.1, 0.15) is 10.4 Å². The van der Waals surface area contributed by atoms with E-state index in [1.54, 1.807) is 0 Å². The third kappa shape index (κ3) is 2.55. The fourth-order valence-electron chi connectivity index (χ4n) is 1.48. The minimum Gasteiger partial charge on any atom is -0.489 e. The molecule has 1 aromatic rings. The fourth-order valence-corrected chi connectivity index (χ4v) is 1.65.